The molecule has 0 radical (unpaired) electrons. The summed E-state index contributed by atoms with van der Waals surface area (Å²) in [5, 5.41) is 0. The fourth-order valence-corrected chi connectivity index (χ4v) is 3.46. The van der Waals surface area contributed by atoms with Crippen LogP contribution in [-0.4, -0.2) is 30.7 Å². The van der Waals surface area contributed by atoms with E-state index in [9.17, 15) is 0 Å². The van der Waals surface area contributed by atoms with Gasteiger partial charge < -0.3 is 4.48 Å². The van der Waals surface area contributed by atoms with Gasteiger partial charge in [-0.3, -0.25) is 9.41 Å². The van der Waals surface area contributed by atoms with Crippen LogP contribution in [0.2, 0.25) is 0 Å². The Hall–Kier alpha value is -0.180. The van der Waals surface area contributed by atoms with Crippen molar-refractivity contribution in [1.82, 2.24) is 0 Å². The number of hydrogen-bond donors (Lipinski definition) is 0. The quantitative estimate of drug-likeness (QED) is 0.213. The first-order chi connectivity index (χ1) is 10.2. The highest BCUT2D eigenvalue weighted by atomic mass is 19.0. The predicted molar refractivity (Wildman–Crippen MR) is 103 cm³/mol. The van der Waals surface area contributed by atoms with Gasteiger partial charge in [0.1, 0.15) is 0 Å². The largest absolute Gasteiger partial charge is 0.324 e. The zero-order valence-corrected chi connectivity index (χ0v) is 16.6. The first-order valence-electron chi connectivity index (χ1n) is 10.1. The van der Waals surface area contributed by atoms with Crippen molar-refractivity contribution in [2.45, 2.75) is 105 Å². The summed E-state index contributed by atoms with van der Waals surface area (Å²) < 4.78 is 1.44. The number of quaternary nitrogens is 1. The molecule has 0 saturated heterocycles. The topological polar surface area (TPSA) is 0 Å². The maximum absolute atomic E-state index is 2.33. The molecule has 0 aliphatic heterocycles. The zero-order valence-electron chi connectivity index (χ0n) is 16.6. The van der Waals surface area contributed by atoms with E-state index in [4.69, 9.17) is 0 Å². The van der Waals surface area contributed by atoms with Crippen LogP contribution < -0.4 is 0 Å². The molecular weight excluding hydrogens is 292 g/mol. The van der Waals surface area contributed by atoms with Gasteiger partial charge >= 0.3 is 0 Å². The predicted octanol–water partition coefficient (Wildman–Crippen LogP) is 6.87. The van der Waals surface area contributed by atoms with Crippen molar-refractivity contribution < 1.29 is 13.9 Å². The van der Waals surface area contributed by atoms with Crippen molar-refractivity contribution in [3.05, 3.63) is 0 Å². The van der Waals surface area contributed by atoms with Gasteiger partial charge in [0.2, 0.25) is 0 Å². The fraction of sp³-hybridized carbons (Fsp3) is 1.00. The first kappa shape index (κ1) is 27.7. The molecule has 0 fully saturated rings. The van der Waals surface area contributed by atoms with Crippen LogP contribution >= 0.6 is 0 Å². The molecule has 0 spiro atoms. The van der Waals surface area contributed by atoms with Crippen molar-refractivity contribution in [1.29, 1.82) is 0 Å². The Kier molecular flexibility index (Phi) is 23.9. The molecule has 0 heterocycles. The van der Waals surface area contributed by atoms with Crippen molar-refractivity contribution in [2.24, 2.45) is 0 Å². The molecule has 0 aliphatic carbocycles. The van der Waals surface area contributed by atoms with E-state index in [-0.39, 0.29) is 9.41 Å². The first-order valence-corrected chi connectivity index (χ1v) is 10.1. The lowest BCUT2D eigenvalue weighted by molar-refractivity contribution is -0.929. The number of halogens is 2. The molecule has 0 aromatic rings. The number of rotatable bonds is 16. The van der Waals surface area contributed by atoms with Gasteiger partial charge in [-0.1, -0.05) is 53.4 Å². The number of nitrogens with zero attached hydrogens (tertiary/aromatic N) is 1. The third-order valence-electron chi connectivity index (χ3n) is 4.94. The molecule has 0 N–H and O–H groups in total. The third-order valence-corrected chi connectivity index (χ3v) is 4.94. The molecule has 0 unspecified atom stereocenters. The smallest absolute Gasteiger partial charge is 0.0786 e. The molecule has 0 aromatic heterocycles. The SMILES string of the molecule is CCCCC[N+](CCCCC)(CCCCC)CCCCC.F.F. The van der Waals surface area contributed by atoms with Crippen molar-refractivity contribution in [3.63, 3.8) is 0 Å². The molecule has 0 aliphatic rings. The molecule has 0 saturated carbocycles. The van der Waals surface area contributed by atoms with Crippen molar-refractivity contribution in [2.75, 3.05) is 26.2 Å². The van der Waals surface area contributed by atoms with Gasteiger partial charge in [0.25, 0.3) is 0 Å². The van der Waals surface area contributed by atoms with Crippen LogP contribution in [-0.2, 0) is 0 Å². The molecule has 0 atom stereocenters. The van der Waals surface area contributed by atoms with Crippen LogP contribution in [0.25, 0.3) is 0 Å². The molecule has 0 aromatic carbocycles. The minimum atomic E-state index is 0. The van der Waals surface area contributed by atoms with Gasteiger partial charge in [-0.2, -0.15) is 0 Å². The Morgan fingerprint density at radius 1 is 0.391 bits per heavy atom. The molecule has 0 bridgehead atoms. The van der Waals surface area contributed by atoms with E-state index in [0.29, 0.717) is 0 Å². The summed E-state index contributed by atoms with van der Waals surface area (Å²) >= 11 is 0. The molecule has 23 heavy (non-hydrogen) atoms. The summed E-state index contributed by atoms with van der Waals surface area (Å²) in [7, 11) is 0. The van der Waals surface area contributed by atoms with E-state index >= 15 is 0 Å². The maximum atomic E-state index is 2.33. The van der Waals surface area contributed by atoms with Crippen molar-refractivity contribution >= 4 is 0 Å². The summed E-state index contributed by atoms with van der Waals surface area (Å²) in [5.74, 6) is 0. The van der Waals surface area contributed by atoms with Gasteiger partial charge in [0, 0.05) is 0 Å². The maximum Gasteiger partial charge on any atom is 0.0786 e. The van der Waals surface area contributed by atoms with Crippen LogP contribution in [0.15, 0.2) is 0 Å². The van der Waals surface area contributed by atoms with E-state index in [1.54, 1.807) is 0 Å². The molecule has 3 heteroatoms. The standard InChI is InChI=1S/C20H44N.2FH/c1-5-9-13-17-21(18-14-10-6-2,19-15-11-7-3)20-16-12-8-4;;/h5-20H2,1-4H3;2*1H/q+1;;. The van der Waals surface area contributed by atoms with E-state index in [1.807, 2.05) is 0 Å². The monoisotopic (exact) mass is 338 g/mol. The Balaban J connectivity index is -0.00000200. The second-order valence-corrected chi connectivity index (χ2v) is 7.06. The lowest BCUT2D eigenvalue weighted by atomic mass is 10.1. The minimum absolute atomic E-state index is 0. The minimum Gasteiger partial charge on any atom is -0.324 e. The summed E-state index contributed by atoms with van der Waals surface area (Å²) in [5.41, 5.74) is 0. The normalized spacial score (nSPS) is 11.0. The Morgan fingerprint density at radius 3 is 0.783 bits per heavy atom. The summed E-state index contributed by atoms with van der Waals surface area (Å²) in [6.07, 6.45) is 16.9. The van der Waals surface area contributed by atoms with Gasteiger partial charge in [0.05, 0.1) is 26.2 Å². The average Bonchev–Trinajstić information content (AvgIpc) is 2.48. The lowest BCUT2D eigenvalue weighted by Crippen LogP contribution is -2.50. The van der Waals surface area contributed by atoms with Crippen LogP contribution in [0.5, 0.6) is 0 Å². The van der Waals surface area contributed by atoms with Crippen LogP contribution in [0.1, 0.15) is 105 Å². The van der Waals surface area contributed by atoms with E-state index in [0.717, 1.165) is 0 Å². The highest BCUT2D eigenvalue weighted by Gasteiger charge is 2.25. The van der Waals surface area contributed by atoms with Gasteiger partial charge in [-0.25, -0.2) is 0 Å². The molecule has 144 valence electrons. The van der Waals surface area contributed by atoms with E-state index in [1.165, 1.54) is 108 Å². The third kappa shape index (κ3) is 15.1. The van der Waals surface area contributed by atoms with Crippen LogP contribution in [0.4, 0.5) is 9.41 Å². The number of unbranched alkanes of at least 4 members (excludes halogenated alkanes) is 8. The molecule has 0 amide bonds. The van der Waals surface area contributed by atoms with Crippen LogP contribution in [0, 0.1) is 0 Å². The van der Waals surface area contributed by atoms with Crippen molar-refractivity contribution in [3.8, 4) is 0 Å². The Labute approximate surface area is 145 Å². The highest BCUT2D eigenvalue weighted by Crippen LogP contribution is 2.18. The molecular formula is C20H46F2N+. The molecule has 1 nitrogen and oxygen atoms in total. The summed E-state index contributed by atoms with van der Waals surface area (Å²) in [6.45, 7) is 15.1. The zero-order chi connectivity index (χ0) is 15.8. The fourth-order valence-electron chi connectivity index (χ4n) is 3.46. The second-order valence-electron chi connectivity index (χ2n) is 7.06. The number of hydrogen-bond acceptors (Lipinski definition) is 0. The Bertz CT molecular complexity index is 164. The second kappa shape index (κ2) is 19.9. The van der Waals surface area contributed by atoms with Gasteiger partial charge in [0.15, 0.2) is 0 Å². The lowest BCUT2D eigenvalue weighted by Gasteiger charge is -2.39. The average molecular weight is 339 g/mol. The van der Waals surface area contributed by atoms with Gasteiger partial charge in [-0.05, 0) is 51.4 Å². The summed E-state index contributed by atoms with van der Waals surface area (Å²) in [6, 6.07) is 0. The highest BCUT2D eigenvalue weighted by molar-refractivity contribution is 4.51. The van der Waals surface area contributed by atoms with Gasteiger partial charge in [-0.15, -0.1) is 0 Å². The van der Waals surface area contributed by atoms with E-state index in [2.05, 4.69) is 27.7 Å². The van der Waals surface area contributed by atoms with Crippen LogP contribution in [0.3, 0.4) is 0 Å². The molecule has 0 rings (SSSR count). The summed E-state index contributed by atoms with van der Waals surface area (Å²) in [4.78, 5) is 0. The van der Waals surface area contributed by atoms with E-state index < -0.39 is 0 Å². The Morgan fingerprint density at radius 2 is 0.609 bits per heavy atom.